The number of benzene rings is 1. The molecular weight excluding hydrogens is 240 g/mol. The minimum Gasteiger partial charge on any atom is -0.435 e. The lowest BCUT2D eigenvalue weighted by atomic mass is 9.87. The molecule has 0 bridgehead atoms. The molecule has 3 aromatic rings. The average molecular weight is 256 g/mol. The second-order valence-electron chi connectivity index (χ2n) is 5.66. The number of anilines is 1. The molecule has 3 N–H and O–H groups in total. The molecule has 3 rings (SSSR count). The second kappa shape index (κ2) is 3.85. The molecule has 5 nitrogen and oxygen atoms in total. The lowest BCUT2D eigenvalue weighted by Crippen LogP contribution is -2.10. The van der Waals surface area contributed by atoms with Crippen molar-refractivity contribution >= 4 is 16.9 Å². The summed E-state index contributed by atoms with van der Waals surface area (Å²) in [6.07, 6.45) is 0. The van der Waals surface area contributed by atoms with Crippen LogP contribution in [0.25, 0.3) is 22.7 Å². The first-order chi connectivity index (χ1) is 8.93. The van der Waals surface area contributed by atoms with Crippen LogP contribution in [0.5, 0.6) is 0 Å². The van der Waals surface area contributed by atoms with E-state index in [4.69, 9.17) is 10.2 Å². The van der Waals surface area contributed by atoms with Crippen molar-refractivity contribution in [1.29, 1.82) is 0 Å². The summed E-state index contributed by atoms with van der Waals surface area (Å²) in [5, 5.41) is 6.67. The maximum atomic E-state index is 5.70. The molecule has 2 heterocycles. The number of hydrogen-bond donors (Lipinski definition) is 2. The number of H-pyrrole nitrogens is 1. The quantitative estimate of drug-likeness (QED) is 0.701. The molecule has 2 aromatic heterocycles. The van der Waals surface area contributed by atoms with Crippen molar-refractivity contribution in [2.24, 2.45) is 0 Å². The normalized spacial score (nSPS) is 12.2. The van der Waals surface area contributed by atoms with E-state index in [2.05, 4.69) is 48.1 Å². The van der Waals surface area contributed by atoms with Gasteiger partial charge in [0, 0.05) is 6.07 Å². The van der Waals surface area contributed by atoms with E-state index in [1.807, 2.05) is 6.07 Å². The van der Waals surface area contributed by atoms with Gasteiger partial charge in [-0.3, -0.25) is 5.10 Å². The predicted octanol–water partition coefficient (Wildman–Crippen LogP) is 3.10. The van der Waals surface area contributed by atoms with Gasteiger partial charge in [-0.2, -0.15) is 5.10 Å². The van der Waals surface area contributed by atoms with Gasteiger partial charge in [0.25, 0.3) is 0 Å². The van der Waals surface area contributed by atoms with E-state index in [-0.39, 0.29) is 5.41 Å². The van der Waals surface area contributed by atoms with E-state index < -0.39 is 0 Å². The van der Waals surface area contributed by atoms with E-state index in [9.17, 15) is 0 Å². The van der Waals surface area contributed by atoms with Crippen LogP contribution in [0.1, 0.15) is 26.3 Å². The molecule has 0 fully saturated rings. The Bertz CT molecular complexity index is 733. The molecule has 0 spiro atoms. The molecule has 0 saturated carbocycles. The first-order valence-electron chi connectivity index (χ1n) is 6.16. The van der Waals surface area contributed by atoms with Crippen molar-refractivity contribution in [2.75, 3.05) is 5.73 Å². The summed E-state index contributed by atoms with van der Waals surface area (Å²) in [5.74, 6) is 0.929. The van der Waals surface area contributed by atoms with Gasteiger partial charge in [0.15, 0.2) is 5.58 Å². The zero-order chi connectivity index (χ0) is 13.6. The number of fused-ring (bicyclic) bond motifs is 1. The van der Waals surface area contributed by atoms with Gasteiger partial charge in [-0.05, 0) is 23.1 Å². The summed E-state index contributed by atoms with van der Waals surface area (Å²) in [4.78, 5) is 4.48. The van der Waals surface area contributed by atoms with Crippen molar-refractivity contribution in [2.45, 2.75) is 26.2 Å². The number of nitrogens with two attached hydrogens (primary N) is 1. The number of aromatic amines is 1. The predicted molar refractivity (Wildman–Crippen MR) is 74.7 cm³/mol. The molecule has 0 amide bonds. The molecule has 98 valence electrons. The number of rotatable bonds is 1. The zero-order valence-electron chi connectivity index (χ0n) is 11.2. The summed E-state index contributed by atoms with van der Waals surface area (Å²) in [6.45, 7) is 6.51. The fraction of sp³-hybridized carbons (Fsp3) is 0.286. The van der Waals surface area contributed by atoms with E-state index in [1.165, 1.54) is 5.56 Å². The fourth-order valence-corrected chi connectivity index (χ4v) is 1.96. The van der Waals surface area contributed by atoms with E-state index in [1.54, 1.807) is 6.07 Å². The minimum absolute atomic E-state index is 0.0890. The minimum atomic E-state index is 0.0890. The molecule has 0 radical (unpaired) electrons. The Morgan fingerprint density at radius 2 is 2.00 bits per heavy atom. The second-order valence-corrected chi connectivity index (χ2v) is 5.66. The lowest BCUT2D eigenvalue weighted by Gasteiger charge is -2.18. The van der Waals surface area contributed by atoms with Crippen LogP contribution in [0.4, 0.5) is 5.82 Å². The lowest BCUT2D eigenvalue weighted by molar-refractivity contribution is 0.590. The maximum absolute atomic E-state index is 5.70. The van der Waals surface area contributed by atoms with Crippen molar-refractivity contribution in [1.82, 2.24) is 15.2 Å². The van der Waals surface area contributed by atoms with Gasteiger partial charge in [-0.15, -0.1) is 0 Å². The molecule has 0 aliphatic heterocycles. The van der Waals surface area contributed by atoms with Crippen LogP contribution >= 0.6 is 0 Å². The highest BCUT2D eigenvalue weighted by Crippen LogP contribution is 2.28. The summed E-state index contributed by atoms with van der Waals surface area (Å²) >= 11 is 0. The molecular formula is C14H16N4O. The number of aromatic nitrogens is 3. The average Bonchev–Trinajstić information content (AvgIpc) is 2.92. The maximum Gasteiger partial charge on any atom is 0.245 e. The molecule has 1 aromatic carbocycles. The highest BCUT2D eigenvalue weighted by atomic mass is 16.3. The topological polar surface area (TPSA) is 80.7 Å². The Kier molecular flexibility index (Phi) is 2.38. The van der Waals surface area contributed by atoms with Crippen LogP contribution in [-0.4, -0.2) is 15.2 Å². The van der Waals surface area contributed by atoms with Gasteiger partial charge in [-0.25, -0.2) is 4.98 Å². The highest BCUT2D eigenvalue weighted by Gasteiger charge is 2.16. The van der Waals surface area contributed by atoms with Crippen LogP contribution in [0.2, 0.25) is 0 Å². The number of nitrogens with zero attached hydrogens (tertiary/aromatic N) is 2. The molecule has 0 aliphatic rings. The smallest absolute Gasteiger partial charge is 0.245 e. The van der Waals surface area contributed by atoms with Crippen LogP contribution < -0.4 is 5.73 Å². The summed E-state index contributed by atoms with van der Waals surface area (Å²) in [6, 6.07) is 7.78. The fourth-order valence-electron chi connectivity index (χ4n) is 1.96. The number of nitrogen functional groups attached to an aromatic ring is 1. The standard InChI is InChI=1S/C14H16N4O/c1-14(2,3)8-4-5-11-9(6-8)16-13(19-11)10-7-12(15)18-17-10/h4-7H,1-3H3,(H3,15,17,18). The Labute approximate surface area is 110 Å². The molecule has 0 atom stereocenters. The van der Waals surface area contributed by atoms with Crippen molar-refractivity contribution < 1.29 is 4.42 Å². The largest absolute Gasteiger partial charge is 0.435 e. The van der Waals surface area contributed by atoms with Gasteiger partial charge in [0.1, 0.15) is 17.0 Å². The molecule has 19 heavy (non-hydrogen) atoms. The van der Waals surface area contributed by atoms with Crippen LogP contribution in [0.3, 0.4) is 0 Å². The van der Waals surface area contributed by atoms with Crippen molar-refractivity contribution in [3.8, 4) is 11.6 Å². The third-order valence-electron chi connectivity index (χ3n) is 3.08. The Morgan fingerprint density at radius 1 is 1.21 bits per heavy atom. The van der Waals surface area contributed by atoms with Crippen LogP contribution in [0, 0.1) is 0 Å². The molecule has 0 saturated heterocycles. The van der Waals surface area contributed by atoms with Gasteiger partial charge in [-0.1, -0.05) is 26.8 Å². The Morgan fingerprint density at radius 3 is 2.63 bits per heavy atom. The van der Waals surface area contributed by atoms with Crippen LogP contribution in [0.15, 0.2) is 28.7 Å². The van der Waals surface area contributed by atoms with E-state index in [0.717, 1.165) is 11.1 Å². The molecule has 5 heteroatoms. The van der Waals surface area contributed by atoms with Gasteiger partial charge >= 0.3 is 0 Å². The van der Waals surface area contributed by atoms with Crippen molar-refractivity contribution in [3.63, 3.8) is 0 Å². The third kappa shape index (κ3) is 2.07. The SMILES string of the molecule is CC(C)(C)c1ccc2oc(-c3cc(N)n[nH]3)nc2c1. The van der Waals surface area contributed by atoms with Gasteiger partial charge in [0.05, 0.1) is 0 Å². The van der Waals surface area contributed by atoms with Gasteiger partial charge < -0.3 is 10.2 Å². The monoisotopic (exact) mass is 256 g/mol. The Balaban J connectivity index is 2.11. The number of hydrogen-bond acceptors (Lipinski definition) is 4. The van der Waals surface area contributed by atoms with Crippen LogP contribution in [-0.2, 0) is 5.41 Å². The Hall–Kier alpha value is -2.30. The van der Waals surface area contributed by atoms with Crippen molar-refractivity contribution in [3.05, 3.63) is 29.8 Å². The third-order valence-corrected chi connectivity index (χ3v) is 3.08. The first-order valence-corrected chi connectivity index (χ1v) is 6.16. The summed E-state index contributed by atoms with van der Waals surface area (Å²) < 4.78 is 5.70. The summed E-state index contributed by atoms with van der Waals surface area (Å²) in [5.41, 5.74) is 9.18. The van der Waals surface area contributed by atoms with E-state index in [0.29, 0.717) is 17.4 Å². The zero-order valence-corrected chi connectivity index (χ0v) is 11.2. The molecule has 0 aliphatic carbocycles. The first kappa shape index (κ1) is 11.8. The van der Waals surface area contributed by atoms with Gasteiger partial charge in [0.2, 0.25) is 5.89 Å². The number of oxazole rings is 1. The summed E-state index contributed by atoms with van der Waals surface area (Å²) in [7, 11) is 0. The highest BCUT2D eigenvalue weighted by molar-refractivity contribution is 5.76. The van der Waals surface area contributed by atoms with E-state index >= 15 is 0 Å². The number of nitrogens with one attached hydrogen (secondary N) is 1. The molecule has 0 unspecified atom stereocenters.